The number of para-hydroxylation sites is 1. The van der Waals surface area contributed by atoms with E-state index < -0.39 is 0 Å². The standard InChI is InChI=1S/C19H22FN3O/c1-24-12-14-4-2-3-5-18(14)23-19(21)22-17-10-15(11-17)13-6-8-16(20)9-7-13/h2-9,15,17H,10-12H2,1H3,(H3,21,22,23). The molecule has 0 radical (unpaired) electrons. The van der Waals surface area contributed by atoms with Gasteiger partial charge in [0.1, 0.15) is 5.82 Å². The maximum Gasteiger partial charge on any atom is 0.193 e. The number of methoxy groups -OCH3 is 1. The number of guanidine groups is 1. The van der Waals surface area contributed by atoms with Crippen LogP contribution < -0.4 is 11.1 Å². The first kappa shape index (κ1) is 16.5. The second-order valence-corrected chi connectivity index (χ2v) is 6.10. The van der Waals surface area contributed by atoms with Crippen LogP contribution in [0, 0.1) is 5.82 Å². The molecule has 0 atom stereocenters. The van der Waals surface area contributed by atoms with Crippen molar-refractivity contribution >= 4 is 11.6 Å². The molecule has 0 unspecified atom stereocenters. The van der Waals surface area contributed by atoms with Gasteiger partial charge in [0.05, 0.1) is 12.6 Å². The predicted molar refractivity (Wildman–Crippen MR) is 94.6 cm³/mol. The van der Waals surface area contributed by atoms with Gasteiger partial charge in [0.15, 0.2) is 5.96 Å². The summed E-state index contributed by atoms with van der Waals surface area (Å²) in [4.78, 5) is 4.54. The Morgan fingerprint density at radius 2 is 1.92 bits per heavy atom. The molecule has 4 nitrogen and oxygen atoms in total. The van der Waals surface area contributed by atoms with E-state index in [1.54, 1.807) is 7.11 Å². The monoisotopic (exact) mass is 327 g/mol. The number of aliphatic imine (C=N–C) groups is 1. The molecule has 0 spiro atoms. The Kier molecular flexibility index (Phi) is 5.11. The second kappa shape index (κ2) is 7.45. The number of hydrogen-bond acceptors (Lipinski definition) is 2. The fourth-order valence-electron chi connectivity index (χ4n) is 2.99. The van der Waals surface area contributed by atoms with Crippen molar-refractivity contribution in [3.8, 4) is 0 Å². The van der Waals surface area contributed by atoms with Gasteiger partial charge in [0.2, 0.25) is 0 Å². The van der Waals surface area contributed by atoms with Gasteiger partial charge in [-0.3, -0.25) is 0 Å². The largest absolute Gasteiger partial charge is 0.380 e. The molecule has 1 aliphatic carbocycles. The van der Waals surface area contributed by atoms with Crippen LogP contribution in [0.1, 0.15) is 29.9 Å². The first-order valence-corrected chi connectivity index (χ1v) is 8.08. The number of rotatable bonds is 5. The molecule has 0 saturated heterocycles. The van der Waals surface area contributed by atoms with E-state index in [2.05, 4.69) is 10.3 Å². The van der Waals surface area contributed by atoms with E-state index in [4.69, 9.17) is 10.5 Å². The van der Waals surface area contributed by atoms with Crippen molar-refractivity contribution in [2.75, 3.05) is 12.4 Å². The Labute approximate surface area is 141 Å². The molecular weight excluding hydrogens is 305 g/mol. The lowest BCUT2D eigenvalue weighted by Gasteiger charge is -2.33. The third kappa shape index (κ3) is 3.92. The maximum absolute atomic E-state index is 13.0. The zero-order valence-electron chi connectivity index (χ0n) is 13.7. The molecule has 24 heavy (non-hydrogen) atoms. The highest BCUT2D eigenvalue weighted by molar-refractivity contribution is 5.93. The Balaban J connectivity index is 1.57. The summed E-state index contributed by atoms with van der Waals surface area (Å²) in [7, 11) is 1.66. The minimum absolute atomic E-state index is 0.198. The Hall–Kier alpha value is -2.40. The van der Waals surface area contributed by atoms with Crippen molar-refractivity contribution in [1.82, 2.24) is 0 Å². The van der Waals surface area contributed by atoms with Gasteiger partial charge in [-0.25, -0.2) is 9.38 Å². The second-order valence-electron chi connectivity index (χ2n) is 6.10. The molecule has 0 amide bonds. The summed E-state index contributed by atoms with van der Waals surface area (Å²) < 4.78 is 18.1. The van der Waals surface area contributed by atoms with Crippen LogP contribution in [0.3, 0.4) is 0 Å². The average molecular weight is 327 g/mol. The molecule has 2 aromatic rings. The molecule has 1 fully saturated rings. The number of nitrogens with zero attached hydrogens (tertiary/aromatic N) is 1. The summed E-state index contributed by atoms with van der Waals surface area (Å²) in [6, 6.07) is 14.8. The minimum Gasteiger partial charge on any atom is -0.380 e. The summed E-state index contributed by atoms with van der Waals surface area (Å²) in [5.74, 6) is 0.657. The minimum atomic E-state index is -0.198. The van der Waals surface area contributed by atoms with Crippen LogP contribution in [-0.2, 0) is 11.3 Å². The van der Waals surface area contributed by atoms with Gasteiger partial charge in [0, 0.05) is 18.4 Å². The number of hydrogen-bond donors (Lipinski definition) is 2. The van der Waals surface area contributed by atoms with Crippen molar-refractivity contribution in [3.63, 3.8) is 0 Å². The molecule has 0 aromatic heterocycles. The predicted octanol–water partition coefficient (Wildman–Crippen LogP) is 3.64. The molecule has 0 bridgehead atoms. The smallest absolute Gasteiger partial charge is 0.193 e. The molecule has 0 heterocycles. The van der Waals surface area contributed by atoms with Crippen LogP contribution in [0.15, 0.2) is 53.5 Å². The first-order chi connectivity index (χ1) is 11.7. The van der Waals surface area contributed by atoms with Gasteiger partial charge in [0.25, 0.3) is 0 Å². The lowest BCUT2D eigenvalue weighted by Crippen LogP contribution is -2.31. The molecule has 0 aliphatic heterocycles. The lowest BCUT2D eigenvalue weighted by atomic mass is 9.76. The summed E-state index contributed by atoms with van der Waals surface area (Å²) in [5, 5.41) is 3.15. The van der Waals surface area contributed by atoms with Crippen molar-refractivity contribution in [2.45, 2.75) is 31.4 Å². The van der Waals surface area contributed by atoms with E-state index in [-0.39, 0.29) is 11.9 Å². The van der Waals surface area contributed by atoms with E-state index in [1.165, 1.54) is 17.7 Å². The van der Waals surface area contributed by atoms with E-state index in [9.17, 15) is 4.39 Å². The molecule has 2 aromatic carbocycles. The molecule has 3 N–H and O–H groups in total. The number of benzene rings is 2. The normalized spacial score (nSPS) is 20.5. The summed E-state index contributed by atoms with van der Waals surface area (Å²) in [6.07, 6.45) is 1.88. The van der Waals surface area contributed by atoms with Crippen LogP contribution in [0.4, 0.5) is 10.1 Å². The van der Waals surface area contributed by atoms with Crippen LogP contribution >= 0.6 is 0 Å². The maximum atomic E-state index is 13.0. The van der Waals surface area contributed by atoms with Crippen LogP contribution in [0.5, 0.6) is 0 Å². The van der Waals surface area contributed by atoms with E-state index >= 15 is 0 Å². The number of nitrogens with two attached hydrogens (primary N) is 1. The Morgan fingerprint density at radius 3 is 2.62 bits per heavy atom. The highest BCUT2D eigenvalue weighted by Gasteiger charge is 2.30. The topological polar surface area (TPSA) is 59.6 Å². The molecule has 1 saturated carbocycles. The van der Waals surface area contributed by atoms with Crippen molar-refractivity contribution in [2.24, 2.45) is 10.7 Å². The Morgan fingerprint density at radius 1 is 1.21 bits per heavy atom. The molecule has 1 aliphatic rings. The summed E-state index contributed by atoms with van der Waals surface area (Å²) in [5.41, 5.74) is 9.15. The van der Waals surface area contributed by atoms with Gasteiger partial charge in [-0.15, -0.1) is 0 Å². The van der Waals surface area contributed by atoms with Crippen LogP contribution in [0.25, 0.3) is 0 Å². The van der Waals surface area contributed by atoms with Gasteiger partial charge < -0.3 is 15.8 Å². The molecular formula is C19H22FN3O. The van der Waals surface area contributed by atoms with E-state index in [0.717, 1.165) is 24.1 Å². The highest BCUT2D eigenvalue weighted by Crippen LogP contribution is 2.38. The number of halogens is 1. The van der Waals surface area contributed by atoms with E-state index in [0.29, 0.717) is 18.5 Å². The fraction of sp³-hybridized carbons (Fsp3) is 0.316. The zero-order chi connectivity index (χ0) is 16.9. The van der Waals surface area contributed by atoms with Crippen molar-refractivity contribution < 1.29 is 9.13 Å². The summed E-state index contributed by atoms with van der Waals surface area (Å²) in [6.45, 7) is 0.520. The Bertz CT molecular complexity index is 709. The highest BCUT2D eigenvalue weighted by atomic mass is 19.1. The zero-order valence-corrected chi connectivity index (χ0v) is 13.7. The molecule has 126 valence electrons. The number of ether oxygens (including phenoxy) is 1. The third-order valence-corrected chi connectivity index (χ3v) is 4.36. The van der Waals surface area contributed by atoms with Gasteiger partial charge in [-0.2, -0.15) is 0 Å². The van der Waals surface area contributed by atoms with Crippen molar-refractivity contribution in [3.05, 3.63) is 65.5 Å². The third-order valence-electron chi connectivity index (χ3n) is 4.36. The van der Waals surface area contributed by atoms with Crippen LogP contribution in [0.2, 0.25) is 0 Å². The SMILES string of the molecule is COCc1ccccc1NC(N)=NC1CC(c2ccc(F)cc2)C1. The first-order valence-electron chi connectivity index (χ1n) is 8.08. The lowest BCUT2D eigenvalue weighted by molar-refractivity contribution is 0.185. The average Bonchev–Trinajstić information content (AvgIpc) is 2.54. The van der Waals surface area contributed by atoms with Gasteiger partial charge in [-0.05, 0) is 42.5 Å². The van der Waals surface area contributed by atoms with E-state index in [1.807, 2.05) is 36.4 Å². The van der Waals surface area contributed by atoms with Gasteiger partial charge >= 0.3 is 0 Å². The van der Waals surface area contributed by atoms with Crippen molar-refractivity contribution in [1.29, 1.82) is 0 Å². The number of anilines is 1. The molecule has 5 heteroatoms. The van der Waals surface area contributed by atoms with Crippen LogP contribution in [-0.4, -0.2) is 19.1 Å². The number of nitrogens with one attached hydrogen (secondary N) is 1. The quantitative estimate of drug-likeness (QED) is 0.651. The summed E-state index contributed by atoms with van der Waals surface area (Å²) >= 11 is 0. The molecule has 3 rings (SSSR count). The fourth-order valence-corrected chi connectivity index (χ4v) is 2.99. The van der Waals surface area contributed by atoms with Gasteiger partial charge in [-0.1, -0.05) is 30.3 Å².